The number of ether oxygens (including phenoxy) is 1. The molecule has 0 spiro atoms. The number of rotatable bonds is 6. The number of carbonyl (C=O) groups is 1. The molecule has 9 nitrogen and oxygen atoms in total. The fraction of sp³-hybridized carbons (Fsp3) is 0.400. The van der Waals surface area contributed by atoms with Gasteiger partial charge in [0.25, 0.3) is 5.91 Å². The third-order valence-electron chi connectivity index (χ3n) is 3.91. The van der Waals surface area contributed by atoms with Crippen molar-refractivity contribution in [3.8, 4) is 5.88 Å². The van der Waals surface area contributed by atoms with E-state index in [2.05, 4.69) is 20.5 Å². The lowest BCUT2D eigenvalue weighted by Gasteiger charge is -2.15. The van der Waals surface area contributed by atoms with Gasteiger partial charge in [0.2, 0.25) is 11.6 Å². The summed E-state index contributed by atoms with van der Waals surface area (Å²) in [6.07, 6.45) is 7.09. The third kappa shape index (κ3) is 3.50. The van der Waals surface area contributed by atoms with Crippen molar-refractivity contribution >= 4 is 11.6 Å². The quantitative estimate of drug-likeness (QED) is 0.616. The maximum Gasteiger partial charge on any atom is 0.319 e. The Bertz CT molecular complexity index is 739. The van der Waals surface area contributed by atoms with Crippen LogP contribution >= 0.6 is 0 Å². The highest BCUT2D eigenvalue weighted by Gasteiger charge is 2.23. The summed E-state index contributed by atoms with van der Waals surface area (Å²) in [6, 6.07) is 3.56. The number of H-pyrrole nitrogens is 1. The van der Waals surface area contributed by atoms with E-state index in [0.717, 1.165) is 37.4 Å². The van der Waals surface area contributed by atoms with Gasteiger partial charge in [0, 0.05) is 18.3 Å². The summed E-state index contributed by atoms with van der Waals surface area (Å²) in [5.41, 5.74) is 0.184. The molecule has 0 bridgehead atoms. The first-order valence-electron chi connectivity index (χ1n) is 7.71. The fourth-order valence-electron chi connectivity index (χ4n) is 2.68. The van der Waals surface area contributed by atoms with Crippen LogP contribution in [0.2, 0.25) is 0 Å². The Morgan fingerprint density at radius 2 is 2.25 bits per heavy atom. The van der Waals surface area contributed by atoms with Gasteiger partial charge in [0.05, 0.1) is 4.92 Å². The number of pyridine rings is 1. The molecule has 2 heterocycles. The van der Waals surface area contributed by atoms with Gasteiger partial charge in [-0.15, -0.1) is 0 Å². The molecule has 1 aliphatic rings. The van der Waals surface area contributed by atoms with E-state index in [1.165, 1.54) is 0 Å². The van der Waals surface area contributed by atoms with E-state index < -0.39 is 10.8 Å². The number of hydrogen-bond acceptors (Lipinski definition) is 6. The number of aromatic nitrogens is 3. The molecule has 24 heavy (non-hydrogen) atoms. The molecule has 3 rings (SSSR count). The number of amides is 1. The summed E-state index contributed by atoms with van der Waals surface area (Å²) < 4.78 is 5.90. The summed E-state index contributed by atoms with van der Waals surface area (Å²) in [5, 5.41) is 19.4. The van der Waals surface area contributed by atoms with Crippen LogP contribution in [0.3, 0.4) is 0 Å². The van der Waals surface area contributed by atoms with Crippen LogP contribution in [0.4, 0.5) is 5.69 Å². The molecular formula is C15H17N5O4. The Balaban J connectivity index is 1.67. The lowest BCUT2D eigenvalue weighted by atomic mass is 10.2. The highest BCUT2D eigenvalue weighted by atomic mass is 16.6. The van der Waals surface area contributed by atoms with Crippen LogP contribution in [0.5, 0.6) is 5.88 Å². The molecular weight excluding hydrogens is 314 g/mol. The van der Waals surface area contributed by atoms with Gasteiger partial charge in [0.15, 0.2) is 0 Å². The van der Waals surface area contributed by atoms with Gasteiger partial charge >= 0.3 is 5.69 Å². The number of hydrogen-bond donors (Lipinski definition) is 2. The first kappa shape index (κ1) is 15.9. The maximum atomic E-state index is 12.1. The fourth-order valence-corrected chi connectivity index (χ4v) is 2.68. The number of nitro groups is 1. The average Bonchev–Trinajstić information content (AvgIpc) is 3.25. The third-order valence-corrected chi connectivity index (χ3v) is 3.91. The van der Waals surface area contributed by atoms with Crippen molar-refractivity contribution in [3.63, 3.8) is 0 Å². The molecule has 1 aliphatic carbocycles. The van der Waals surface area contributed by atoms with E-state index >= 15 is 0 Å². The SMILES string of the molecule is O=C(NCc1cccnc1OC1CCCC1)c1[nH]ncc1[N+](=O)[O-]. The lowest BCUT2D eigenvalue weighted by molar-refractivity contribution is -0.385. The summed E-state index contributed by atoms with van der Waals surface area (Å²) >= 11 is 0. The predicted octanol–water partition coefficient (Wildman–Crippen LogP) is 1.96. The smallest absolute Gasteiger partial charge is 0.319 e. The number of carbonyl (C=O) groups excluding carboxylic acids is 1. The topological polar surface area (TPSA) is 123 Å². The predicted molar refractivity (Wildman–Crippen MR) is 83.5 cm³/mol. The second-order valence-corrected chi connectivity index (χ2v) is 5.56. The first-order valence-corrected chi connectivity index (χ1v) is 7.71. The van der Waals surface area contributed by atoms with Gasteiger partial charge in [-0.05, 0) is 31.7 Å². The van der Waals surface area contributed by atoms with E-state index in [9.17, 15) is 14.9 Å². The summed E-state index contributed by atoms with van der Waals surface area (Å²) in [6.45, 7) is 0.158. The Hall–Kier alpha value is -2.97. The van der Waals surface area contributed by atoms with Gasteiger partial charge in [-0.1, -0.05) is 6.07 Å². The van der Waals surface area contributed by atoms with Gasteiger partial charge in [-0.2, -0.15) is 5.10 Å². The van der Waals surface area contributed by atoms with Crippen molar-refractivity contribution in [2.24, 2.45) is 0 Å². The van der Waals surface area contributed by atoms with Crippen molar-refractivity contribution < 1.29 is 14.5 Å². The molecule has 2 aromatic rings. The van der Waals surface area contributed by atoms with Gasteiger partial charge < -0.3 is 10.1 Å². The van der Waals surface area contributed by atoms with Crippen molar-refractivity contribution in [2.75, 3.05) is 0 Å². The van der Waals surface area contributed by atoms with Gasteiger partial charge in [-0.3, -0.25) is 20.0 Å². The van der Waals surface area contributed by atoms with Crippen LogP contribution < -0.4 is 10.1 Å². The van der Waals surface area contributed by atoms with E-state index in [1.54, 1.807) is 18.3 Å². The van der Waals surface area contributed by atoms with Crippen LogP contribution in [0, 0.1) is 10.1 Å². The molecule has 1 amide bonds. The second kappa shape index (κ2) is 7.07. The standard InChI is InChI=1S/C15H17N5O4/c21-14(13-12(20(22)23)9-18-19-13)17-8-10-4-3-7-16-15(10)24-11-5-1-2-6-11/h3-4,7,9,11H,1-2,5-6,8H2,(H,17,21)(H,18,19). The summed E-state index contributed by atoms with van der Waals surface area (Å²) in [7, 11) is 0. The van der Waals surface area contributed by atoms with Crippen LogP contribution in [-0.4, -0.2) is 32.1 Å². The highest BCUT2D eigenvalue weighted by molar-refractivity contribution is 5.95. The van der Waals surface area contributed by atoms with E-state index in [1.807, 2.05) is 0 Å². The molecule has 0 aromatic carbocycles. The number of nitrogens with one attached hydrogen (secondary N) is 2. The Morgan fingerprint density at radius 1 is 1.46 bits per heavy atom. The molecule has 0 saturated heterocycles. The summed E-state index contributed by atoms with van der Waals surface area (Å²) in [4.78, 5) is 26.5. The van der Waals surface area contributed by atoms with Crippen molar-refractivity contribution in [1.29, 1.82) is 0 Å². The number of nitrogens with zero attached hydrogens (tertiary/aromatic N) is 3. The van der Waals surface area contributed by atoms with Gasteiger partial charge in [0.1, 0.15) is 12.3 Å². The molecule has 126 valence electrons. The molecule has 0 unspecified atom stereocenters. The zero-order valence-corrected chi connectivity index (χ0v) is 12.9. The minimum absolute atomic E-state index is 0.156. The largest absolute Gasteiger partial charge is 0.474 e. The van der Waals surface area contributed by atoms with Crippen LogP contribution in [-0.2, 0) is 6.54 Å². The molecule has 2 N–H and O–H groups in total. The first-order chi connectivity index (χ1) is 11.6. The van der Waals surface area contributed by atoms with E-state index in [0.29, 0.717) is 5.88 Å². The summed E-state index contributed by atoms with van der Waals surface area (Å²) in [5.74, 6) is -0.112. The highest BCUT2D eigenvalue weighted by Crippen LogP contribution is 2.25. The Labute approximate surface area is 137 Å². The monoisotopic (exact) mass is 331 g/mol. The zero-order valence-electron chi connectivity index (χ0n) is 12.9. The van der Waals surface area contributed by atoms with Crippen molar-refractivity contribution in [1.82, 2.24) is 20.5 Å². The maximum absolute atomic E-state index is 12.1. The van der Waals surface area contributed by atoms with Crippen molar-refractivity contribution in [2.45, 2.75) is 38.3 Å². The Kier molecular flexibility index (Phi) is 4.69. The molecule has 2 aromatic heterocycles. The average molecular weight is 331 g/mol. The van der Waals surface area contributed by atoms with E-state index in [-0.39, 0.29) is 24.0 Å². The van der Waals surface area contributed by atoms with E-state index in [4.69, 9.17) is 4.74 Å². The molecule has 1 fully saturated rings. The minimum Gasteiger partial charge on any atom is -0.474 e. The molecule has 9 heteroatoms. The van der Waals surface area contributed by atoms with Crippen LogP contribution in [0.25, 0.3) is 0 Å². The minimum atomic E-state index is -0.656. The molecule has 0 aliphatic heterocycles. The number of aromatic amines is 1. The molecule has 1 saturated carbocycles. The Morgan fingerprint density at radius 3 is 3.00 bits per heavy atom. The molecule has 0 atom stereocenters. The second-order valence-electron chi connectivity index (χ2n) is 5.56. The zero-order chi connectivity index (χ0) is 16.9. The molecule has 0 radical (unpaired) electrons. The van der Waals surface area contributed by atoms with Crippen LogP contribution in [0.1, 0.15) is 41.7 Å². The van der Waals surface area contributed by atoms with Crippen LogP contribution in [0.15, 0.2) is 24.5 Å². The normalized spacial score (nSPS) is 14.5. The van der Waals surface area contributed by atoms with Gasteiger partial charge in [-0.25, -0.2) is 4.98 Å². The van der Waals surface area contributed by atoms with Crippen molar-refractivity contribution in [3.05, 3.63) is 45.9 Å². The lowest BCUT2D eigenvalue weighted by Crippen LogP contribution is -2.25.